The van der Waals surface area contributed by atoms with E-state index in [4.69, 9.17) is 29.0 Å². The summed E-state index contributed by atoms with van der Waals surface area (Å²) >= 11 is 0. The third-order valence-electron chi connectivity index (χ3n) is 11.4. The van der Waals surface area contributed by atoms with Crippen molar-refractivity contribution in [3.63, 3.8) is 0 Å². The van der Waals surface area contributed by atoms with Crippen LogP contribution in [-0.2, 0) is 46.3 Å². The Morgan fingerprint density at radius 2 is 1.25 bits per heavy atom. The molecular weight excluding hydrogens is 872 g/mol. The highest BCUT2D eigenvalue weighted by Crippen LogP contribution is 2.60. The Labute approximate surface area is 380 Å². The van der Waals surface area contributed by atoms with Gasteiger partial charge in [0.2, 0.25) is 0 Å². The Morgan fingerprint density at radius 1 is 0.750 bits per heavy atom. The van der Waals surface area contributed by atoms with Crippen LogP contribution in [0.1, 0.15) is 188 Å². The predicted octanol–water partition coefficient (Wildman–Crippen LogP) is 8.82. The van der Waals surface area contributed by atoms with E-state index in [1.54, 1.807) is 0 Å². The molecule has 64 heavy (non-hydrogen) atoms. The second kappa shape index (κ2) is 32.5. The third-order valence-corrected chi connectivity index (χ3v) is 14.0. The highest BCUT2D eigenvalue weighted by molar-refractivity contribution is 7.61. The van der Waals surface area contributed by atoms with Crippen molar-refractivity contribution < 1.29 is 66.3 Å². The van der Waals surface area contributed by atoms with Gasteiger partial charge < -0.3 is 39.9 Å². The lowest BCUT2D eigenvalue weighted by Gasteiger charge is -2.21. The quantitative estimate of drug-likeness (QED) is 0.0235. The number of phosphoric ester groups is 2. The van der Waals surface area contributed by atoms with Crippen LogP contribution in [0.3, 0.4) is 0 Å². The molecule has 2 heterocycles. The van der Waals surface area contributed by atoms with Crippen molar-refractivity contribution >= 4 is 33.4 Å². The van der Waals surface area contributed by atoms with Gasteiger partial charge >= 0.3 is 33.3 Å². The molecule has 8 atom stereocenters. The number of hydrogen-bond acceptors (Lipinski definition) is 15. The van der Waals surface area contributed by atoms with Crippen LogP contribution >= 0.6 is 15.6 Å². The number of nitrogen functional groups attached to an aromatic ring is 1. The molecule has 0 aliphatic carbocycles. The van der Waals surface area contributed by atoms with Gasteiger partial charge in [-0.2, -0.15) is 9.29 Å². The van der Waals surface area contributed by atoms with E-state index in [1.807, 2.05) is 0 Å². The summed E-state index contributed by atoms with van der Waals surface area (Å²) in [6.07, 6.45) is 18.0. The fourth-order valence-corrected chi connectivity index (χ4v) is 9.41. The summed E-state index contributed by atoms with van der Waals surface area (Å²) in [7, 11) is -10.8. The number of carbonyl (C=O) groups excluding carboxylic acids is 2. The molecule has 1 fully saturated rings. The van der Waals surface area contributed by atoms with Crippen LogP contribution in [0, 0.1) is 11.8 Å². The minimum absolute atomic E-state index is 0.0556. The molecule has 4 unspecified atom stereocenters. The monoisotopic (exact) mass is 954 g/mol. The van der Waals surface area contributed by atoms with Crippen molar-refractivity contribution in [3.05, 3.63) is 22.7 Å². The largest absolute Gasteiger partial charge is 0.481 e. The molecule has 1 aromatic heterocycles. The van der Waals surface area contributed by atoms with Gasteiger partial charge in [0.1, 0.15) is 30.7 Å². The molecule has 372 valence electrons. The van der Waals surface area contributed by atoms with Crippen LogP contribution in [0.5, 0.6) is 0 Å². The van der Waals surface area contributed by atoms with E-state index in [2.05, 4.69) is 37.0 Å². The molecule has 2 rings (SSSR count). The SMILES string of the molecule is CCC(C)CCCCCCCCC(=O)OC[C@H](COP(=O)(O)OP(=O)(O)OC[C@H]1O[C@@H](n2ccc(N)nc2=O)C(O)[C@H]1O)OC(=O)CCCCCCCCCCCCCCCC(C)C. The third kappa shape index (κ3) is 26.2. The molecule has 6 N–H and O–H groups in total. The first kappa shape index (κ1) is 57.9. The Hall–Kier alpha value is -2.24. The van der Waals surface area contributed by atoms with Gasteiger partial charge in [-0.15, -0.1) is 0 Å². The highest BCUT2D eigenvalue weighted by atomic mass is 31.3. The van der Waals surface area contributed by atoms with E-state index in [0.29, 0.717) is 12.8 Å². The lowest BCUT2D eigenvalue weighted by atomic mass is 10.00. The molecule has 18 nitrogen and oxygen atoms in total. The Kier molecular flexibility index (Phi) is 29.4. The molecule has 1 aliphatic rings. The first-order chi connectivity index (χ1) is 30.4. The zero-order chi connectivity index (χ0) is 47.4. The maximum Gasteiger partial charge on any atom is 0.481 e. The molecule has 0 aromatic carbocycles. The summed E-state index contributed by atoms with van der Waals surface area (Å²) in [4.78, 5) is 61.7. The zero-order valence-electron chi connectivity index (χ0n) is 38.9. The number of ether oxygens (including phenoxy) is 3. The number of esters is 2. The number of phosphoric acid groups is 2. The van der Waals surface area contributed by atoms with Crippen LogP contribution in [-0.4, -0.2) is 85.7 Å². The van der Waals surface area contributed by atoms with Gasteiger partial charge in [0.25, 0.3) is 0 Å². The van der Waals surface area contributed by atoms with Gasteiger partial charge in [-0.05, 0) is 30.7 Å². The van der Waals surface area contributed by atoms with Crippen molar-refractivity contribution in [3.8, 4) is 0 Å². The lowest BCUT2D eigenvalue weighted by molar-refractivity contribution is -0.161. The number of aliphatic hydroxyl groups excluding tert-OH is 2. The molecule has 0 saturated carbocycles. The number of nitrogens with two attached hydrogens (primary N) is 1. The number of aromatic nitrogens is 2. The number of nitrogens with zero attached hydrogens (tertiary/aromatic N) is 2. The zero-order valence-corrected chi connectivity index (χ0v) is 40.7. The van der Waals surface area contributed by atoms with Gasteiger partial charge in [-0.25, -0.2) is 13.9 Å². The maximum atomic E-state index is 12.8. The van der Waals surface area contributed by atoms with E-state index < -0.39 is 83.7 Å². The van der Waals surface area contributed by atoms with Crippen molar-refractivity contribution in [1.82, 2.24) is 9.55 Å². The van der Waals surface area contributed by atoms with Crippen LogP contribution in [0.4, 0.5) is 5.82 Å². The number of hydrogen-bond donors (Lipinski definition) is 5. The first-order valence-corrected chi connectivity index (χ1v) is 26.8. The molecule has 20 heteroatoms. The minimum atomic E-state index is -5.41. The smallest absolute Gasteiger partial charge is 0.462 e. The summed E-state index contributed by atoms with van der Waals surface area (Å²) in [6, 6.07) is 1.25. The summed E-state index contributed by atoms with van der Waals surface area (Å²) < 4.78 is 56.6. The molecule has 0 radical (unpaired) electrons. The molecule has 0 spiro atoms. The van der Waals surface area contributed by atoms with Crippen LogP contribution in [0.15, 0.2) is 17.1 Å². The van der Waals surface area contributed by atoms with E-state index >= 15 is 0 Å². The maximum absolute atomic E-state index is 12.8. The van der Waals surface area contributed by atoms with Gasteiger partial charge in [-0.1, -0.05) is 156 Å². The predicted molar refractivity (Wildman–Crippen MR) is 243 cm³/mol. The molecule has 1 aromatic rings. The van der Waals surface area contributed by atoms with Gasteiger partial charge in [-0.3, -0.25) is 23.2 Å². The van der Waals surface area contributed by atoms with E-state index in [9.17, 15) is 43.5 Å². The molecule has 1 aliphatic heterocycles. The standard InChI is InChI=1S/C44H81N3O15P2/c1-5-35(4)26-22-18-15-16-19-23-27-39(48)57-31-36(60-40(49)28-24-20-14-12-10-8-6-7-9-11-13-17-21-25-34(2)3)32-58-63(53,54)62-64(55,56)59-33-37-41(50)42(51)43(61-37)47-30-29-38(45)46-44(47)52/h29-30,34-37,41-43,50-51H,5-28,31-33H2,1-4H3,(H,53,54)(H,55,56)(H2,45,46,52)/t35?,36-,37-,41+,42?,43-/m1/s1. The molecule has 1 saturated heterocycles. The fraction of sp³-hybridized carbons (Fsp3) is 0.864. The highest BCUT2D eigenvalue weighted by Gasteiger charge is 2.46. The molecular formula is C44H81N3O15P2. The number of rotatable bonds is 38. The normalized spacial score (nSPS) is 20.5. The fourth-order valence-electron chi connectivity index (χ4n) is 7.30. The van der Waals surface area contributed by atoms with E-state index in [-0.39, 0.29) is 18.7 Å². The topological polar surface area (TPSA) is 265 Å². The number of unbranched alkanes of at least 4 members (excludes halogenated alkanes) is 17. The van der Waals surface area contributed by atoms with Crippen molar-refractivity contribution in [2.75, 3.05) is 25.6 Å². The van der Waals surface area contributed by atoms with E-state index in [0.717, 1.165) is 67.8 Å². The van der Waals surface area contributed by atoms with Gasteiger partial charge in [0.15, 0.2) is 12.3 Å². The van der Waals surface area contributed by atoms with Crippen LogP contribution in [0.2, 0.25) is 0 Å². The second-order valence-electron chi connectivity index (χ2n) is 17.7. The Balaban J connectivity index is 1.81. The second-order valence-corrected chi connectivity index (χ2v) is 20.7. The average Bonchev–Trinajstić information content (AvgIpc) is 3.51. The van der Waals surface area contributed by atoms with Gasteiger partial charge in [0, 0.05) is 19.0 Å². The summed E-state index contributed by atoms with van der Waals surface area (Å²) in [5.41, 5.74) is 4.58. The minimum Gasteiger partial charge on any atom is -0.462 e. The molecule has 0 bridgehead atoms. The summed E-state index contributed by atoms with van der Waals surface area (Å²) in [5.74, 6) is 0.223. The lowest BCUT2D eigenvalue weighted by Crippen LogP contribution is -2.36. The average molecular weight is 954 g/mol. The first-order valence-electron chi connectivity index (χ1n) is 23.8. The Bertz CT molecular complexity index is 1600. The van der Waals surface area contributed by atoms with Crippen LogP contribution < -0.4 is 11.4 Å². The number of carbonyl (C=O) groups is 2. The summed E-state index contributed by atoms with van der Waals surface area (Å²) in [5, 5.41) is 20.9. The van der Waals surface area contributed by atoms with Crippen molar-refractivity contribution in [2.45, 2.75) is 212 Å². The van der Waals surface area contributed by atoms with Crippen LogP contribution in [0.25, 0.3) is 0 Å². The van der Waals surface area contributed by atoms with E-state index in [1.165, 1.54) is 89.3 Å². The summed E-state index contributed by atoms with van der Waals surface area (Å²) in [6.45, 7) is 6.71. The van der Waals surface area contributed by atoms with Crippen molar-refractivity contribution in [2.24, 2.45) is 11.8 Å². The number of anilines is 1. The van der Waals surface area contributed by atoms with Crippen molar-refractivity contribution in [1.29, 1.82) is 0 Å². The van der Waals surface area contributed by atoms with Gasteiger partial charge in [0.05, 0.1) is 13.2 Å². The number of aliphatic hydroxyl groups is 2. The Morgan fingerprint density at radius 3 is 1.78 bits per heavy atom. The molecule has 0 amide bonds.